The van der Waals surface area contributed by atoms with Crippen LogP contribution in [0.1, 0.15) is 38.8 Å². The average Bonchev–Trinajstić information content (AvgIpc) is 2.62. The summed E-state index contributed by atoms with van der Waals surface area (Å²) in [6.45, 7) is 6.07. The van der Waals surface area contributed by atoms with Gasteiger partial charge in [0.1, 0.15) is 11.5 Å². The maximum atomic E-state index is 12.6. The monoisotopic (exact) mass is 341 g/mol. The summed E-state index contributed by atoms with van der Waals surface area (Å²) in [5, 5.41) is 3.12. The van der Waals surface area contributed by atoms with E-state index in [-0.39, 0.29) is 11.9 Å². The summed E-state index contributed by atoms with van der Waals surface area (Å²) in [7, 11) is 1.62. The van der Waals surface area contributed by atoms with Crippen molar-refractivity contribution in [1.82, 2.24) is 5.32 Å². The van der Waals surface area contributed by atoms with Crippen molar-refractivity contribution >= 4 is 5.91 Å². The molecule has 1 N–H and O–H groups in total. The molecular weight excluding hydrogens is 314 g/mol. The molecule has 0 saturated carbocycles. The number of hydrogen-bond donors (Lipinski definition) is 1. The van der Waals surface area contributed by atoms with Crippen molar-refractivity contribution in [3.63, 3.8) is 0 Å². The molecule has 0 saturated heterocycles. The Morgan fingerprint density at radius 2 is 1.56 bits per heavy atom. The lowest BCUT2D eigenvalue weighted by atomic mass is 9.97. The van der Waals surface area contributed by atoms with Crippen LogP contribution in [-0.4, -0.2) is 19.1 Å². The van der Waals surface area contributed by atoms with Gasteiger partial charge < -0.3 is 14.8 Å². The average molecular weight is 341 g/mol. The van der Waals surface area contributed by atoms with Crippen molar-refractivity contribution in [3.05, 3.63) is 60.2 Å². The van der Waals surface area contributed by atoms with E-state index in [1.54, 1.807) is 26.2 Å². The normalized spacial score (nSPS) is 13.2. The van der Waals surface area contributed by atoms with Crippen LogP contribution in [0.5, 0.6) is 11.5 Å². The molecule has 134 valence electrons. The minimum atomic E-state index is -0.577. The topological polar surface area (TPSA) is 47.6 Å². The molecule has 0 aromatic heterocycles. The molecule has 0 spiro atoms. The van der Waals surface area contributed by atoms with E-state index in [2.05, 4.69) is 19.2 Å². The lowest BCUT2D eigenvalue weighted by Crippen LogP contribution is -2.39. The minimum absolute atomic E-state index is 0.0179. The Kier molecular flexibility index (Phi) is 6.87. The SMILES string of the molecule is COc1ccc(O[C@@H](C)C(=O)N[C@H](CC(C)C)c2ccccc2)cc1. The van der Waals surface area contributed by atoms with Crippen LogP contribution in [0, 0.1) is 5.92 Å². The van der Waals surface area contributed by atoms with Gasteiger partial charge in [0, 0.05) is 0 Å². The first kappa shape index (κ1) is 18.8. The highest BCUT2D eigenvalue weighted by Crippen LogP contribution is 2.22. The number of nitrogens with one attached hydrogen (secondary N) is 1. The van der Waals surface area contributed by atoms with Crippen LogP contribution in [0.15, 0.2) is 54.6 Å². The molecule has 0 aliphatic heterocycles. The molecule has 2 aromatic rings. The molecule has 4 nitrogen and oxygen atoms in total. The maximum absolute atomic E-state index is 12.6. The molecule has 4 heteroatoms. The Labute approximate surface area is 150 Å². The van der Waals surface area contributed by atoms with Gasteiger partial charge in [0.25, 0.3) is 5.91 Å². The molecule has 2 aromatic carbocycles. The minimum Gasteiger partial charge on any atom is -0.497 e. The van der Waals surface area contributed by atoms with Gasteiger partial charge in [-0.2, -0.15) is 0 Å². The molecule has 2 atom stereocenters. The summed E-state index contributed by atoms with van der Waals surface area (Å²) >= 11 is 0. The van der Waals surface area contributed by atoms with Crippen LogP contribution in [0.3, 0.4) is 0 Å². The van der Waals surface area contributed by atoms with Gasteiger partial charge in [0.15, 0.2) is 6.10 Å². The van der Waals surface area contributed by atoms with Crippen molar-refractivity contribution in [1.29, 1.82) is 0 Å². The van der Waals surface area contributed by atoms with Gasteiger partial charge in [-0.3, -0.25) is 4.79 Å². The highest BCUT2D eigenvalue weighted by molar-refractivity contribution is 5.81. The van der Waals surface area contributed by atoms with Gasteiger partial charge in [-0.25, -0.2) is 0 Å². The van der Waals surface area contributed by atoms with E-state index in [1.165, 1.54) is 0 Å². The molecule has 1 amide bonds. The zero-order valence-electron chi connectivity index (χ0n) is 15.4. The number of hydrogen-bond acceptors (Lipinski definition) is 3. The van der Waals surface area contributed by atoms with E-state index >= 15 is 0 Å². The van der Waals surface area contributed by atoms with Gasteiger partial charge in [0.2, 0.25) is 0 Å². The number of rotatable bonds is 8. The first-order chi connectivity index (χ1) is 12.0. The predicted molar refractivity (Wildman–Crippen MR) is 99.9 cm³/mol. The predicted octanol–water partition coefficient (Wildman–Crippen LogP) is 4.37. The summed E-state index contributed by atoms with van der Waals surface area (Å²) in [5.74, 6) is 1.75. The smallest absolute Gasteiger partial charge is 0.261 e. The lowest BCUT2D eigenvalue weighted by molar-refractivity contribution is -0.128. The van der Waals surface area contributed by atoms with E-state index in [9.17, 15) is 4.79 Å². The zero-order chi connectivity index (χ0) is 18.2. The van der Waals surface area contributed by atoms with Crippen LogP contribution >= 0.6 is 0 Å². The van der Waals surface area contributed by atoms with Gasteiger partial charge in [-0.15, -0.1) is 0 Å². The van der Waals surface area contributed by atoms with E-state index in [0.29, 0.717) is 11.7 Å². The number of benzene rings is 2. The summed E-state index contributed by atoms with van der Waals surface area (Å²) in [5.41, 5.74) is 1.11. The largest absolute Gasteiger partial charge is 0.497 e. The zero-order valence-corrected chi connectivity index (χ0v) is 15.4. The molecule has 0 bridgehead atoms. The molecule has 25 heavy (non-hydrogen) atoms. The van der Waals surface area contributed by atoms with Crippen LogP contribution in [0.4, 0.5) is 0 Å². The molecule has 0 radical (unpaired) electrons. The fourth-order valence-electron chi connectivity index (χ4n) is 2.64. The molecule has 0 aliphatic rings. The van der Waals surface area contributed by atoms with E-state index in [0.717, 1.165) is 17.7 Å². The number of ether oxygens (including phenoxy) is 2. The second-order valence-electron chi connectivity index (χ2n) is 6.54. The number of methoxy groups -OCH3 is 1. The van der Waals surface area contributed by atoms with E-state index in [4.69, 9.17) is 9.47 Å². The number of carbonyl (C=O) groups excluding carboxylic acids is 1. The summed E-state index contributed by atoms with van der Waals surface area (Å²) < 4.78 is 10.9. The fraction of sp³-hybridized carbons (Fsp3) is 0.381. The third-order valence-corrected chi connectivity index (χ3v) is 3.97. The van der Waals surface area contributed by atoms with Crippen LogP contribution in [0.2, 0.25) is 0 Å². The molecule has 0 aliphatic carbocycles. The molecule has 0 unspecified atom stereocenters. The van der Waals surface area contributed by atoms with Gasteiger partial charge >= 0.3 is 0 Å². The van der Waals surface area contributed by atoms with Crippen LogP contribution < -0.4 is 14.8 Å². The summed E-state index contributed by atoms with van der Waals surface area (Å²) in [4.78, 5) is 12.6. The molecule has 0 fully saturated rings. The van der Waals surface area contributed by atoms with Crippen molar-refractivity contribution in [2.45, 2.75) is 39.3 Å². The Bertz CT molecular complexity index is 653. The maximum Gasteiger partial charge on any atom is 0.261 e. The summed E-state index contributed by atoms with van der Waals surface area (Å²) in [6, 6.07) is 17.2. The highest BCUT2D eigenvalue weighted by Gasteiger charge is 2.21. The van der Waals surface area contributed by atoms with Crippen molar-refractivity contribution in [3.8, 4) is 11.5 Å². The van der Waals surface area contributed by atoms with Crippen molar-refractivity contribution in [2.75, 3.05) is 7.11 Å². The number of amides is 1. The van der Waals surface area contributed by atoms with Gasteiger partial charge in [-0.1, -0.05) is 44.2 Å². The van der Waals surface area contributed by atoms with E-state index in [1.807, 2.05) is 42.5 Å². The lowest BCUT2D eigenvalue weighted by Gasteiger charge is -2.23. The Morgan fingerprint density at radius 1 is 0.960 bits per heavy atom. The molecule has 0 heterocycles. The summed E-state index contributed by atoms with van der Waals surface area (Å²) in [6.07, 6.45) is 0.303. The first-order valence-corrected chi connectivity index (χ1v) is 8.65. The molecule has 2 rings (SSSR count). The van der Waals surface area contributed by atoms with Crippen LogP contribution in [-0.2, 0) is 4.79 Å². The quantitative estimate of drug-likeness (QED) is 0.776. The second kappa shape index (κ2) is 9.11. The first-order valence-electron chi connectivity index (χ1n) is 8.65. The standard InChI is InChI=1S/C21H27NO3/c1-15(2)14-20(17-8-6-5-7-9-17)22-21(23)16(3)25-19-12-10-18(24-4)11-13-19/h5-13,15-16,20H,14H2,1-4H3,(H,22,23)/t16-,20+/m0/s1. The van der Waals surface area contributed by atoms with Crippen molar-refractivity contribution in [2.24, 2.45) is 5.92 Å². The third-order valence-electron chi connectivity index (χ3n) is 3.97. The fourth-order valence-corrected chi connectivity index (χ4v) is 2.64. The Morgan fingerprint density at radius 3 is 2.12 bits per heavy atom. The Hall–Kier alpha value is -2.49. The van der Waals surface area contributed by atoms with Crippen LogP contribution in [0.25, 0.3) is 0 Å². The van der Waals surface area contributed by atoms with E-state index < -0.39 is 6.10 Å². The molecular formula is C21H27NO3. The second-order valence-corrected chi connectivity index (χ2v) is 6.54. The van der Waals surface area contributed by atoms with Crippen molar-refractivity contribution < 1.29 is 14.3 Å². The van der Waals surface area contributed by atoms with Gasteiger partial charge in [0.05, 0.1) is 13.2 Å². The number of carbonyl (C=O) groups is 1. The third kappa shape index (κ3) is 5.82. The van der Waals surface area contributed by atoms with Gasteiger partial charge in [-0.05, 0) is 49.1 Å². The highest BCUT2D eigenvalue weighted by atomic mass is 16.5. The Balaban J connectivity index is 2.01.